The standard InChI is InChI=1S/C23H15N3O3.2CH4/c24-14-29-22-9-4-17(5-10-22)11-19-1-6-20(23(13-19)26-16-28)12-18-2-7-21(8-3-18)25-15-27;;/h1-10,13H,11-12H2;2*1H4. The molecule has 0 saturated heterocycles. The van der Waals surface area contributed by atoms with E-state index in [0.717, 1.165) is 22.3 Å². The van der Waals surface area contributed by atoms with Gasteiger partial charge in [-0.25, -0.2) is 9.59 Å². The van der Waals surface area contributed by atoms with Crippen molar-refractivity contribution in [2.24, 2.45) is 9.98 Å². The fourth-order valence-corrected chi connectivity index (χ4v) is 2.95. The molecule has 31 heavy (non-hydrogen) atoms. The zero-order valence-electron chi connectivity index (χ0n) is 15.3. The van der Waals surface area contributed by atoms with Crippen molar-refractivity contribution >= 4 is 23.5 Å². The second-order valence-corrected chi connectivity index (χ2v) is 6.23. The van der Waals surface area contributed by atoms with Crippen LogP contribution in [-0.2, 0) is 22.4 Å². The largest absolute Gasteiger partial charge is 0.388 e. The van der Waals surface area contributed by atoms with E-state index in [4.69, 9.17) is 10.00 Å². The number of benzene rings is 3. The molecule has 3 aromatic carbocycles. The first kappa shape index (κ1) is 24.7. The summed E-state index contributed by atoms with van der Waals surface area (Å²) in [6, 6.07) is 20.2. The molecule has 3 aromatic rings. The van der Waals surface area contributed by atoms with E-state index >= 15 is 0 Å². The Bertz CT molecular complexity index is 1130. The molecule has 0 fully saturated rings. The summed E-state index contributed by atoms with van der Waals surface area (Å²) in [7, 11) is 0. The van der Waals surface area contributed by atoms with Crippen LogP contribution in [0.3, 0.4) is 0 Å². The van der Waals surface area contributed by atoms with Crippen molar-refractivity contribution in [3.63, 3.8) is 0 Å². The molecule has 0 saturated carbocycles. The van der Waals surface area contributed by atoms with Crippen LogP contribution in [-0.4, -0.2) is 12.2 Å². The van der Waals surface area contributed by atoms with Crippen molar-refractivity contribution in [1.29, 1.82) is 5.26 Å². The maximum absolute atomic E-state index is 10.9. The molecule has 0 spiro atoms. The number of nitrogens with zero attached hydrogens (tertiary/aromatic N) is 3. The van der Waals surface area contributed by atoms with Gasteiger partial charge >= 0.3 is 0 Å². The summed E-state index contributed by atoms with van der Waals surface area (Å²) in [4.78, 5) is 28.6. The molecule has 0 heterocycles. The molecule has 3 rings (SSSR count). The first-order valence-electron chi connectivity index (χ1n) is 8.73. The normalized spacial score (nSPS) is 9.00. The van der Waals surface area contributed by atoms with Crippen molar-refractivity contribution in [2.75, 3.05) is 0 Å². The first-order valence-corrected chi connectivity index (χ1v) is 8.73. The average Bonchev–Trinajstić information content (AvgIpc) is 2.73. The third-order valence-electron chi connectivity index (χ3n) is 4.32. The molecule has 0 N–H and O–H groups in total. The predicted octanol–water partition coefficient (Wildman–Crippen LogP) is 5.93. The number of carbonyl (C=O) groups excluding carboxylic acids is 2. The van der Waals surface area contributed by atoms with E-state index in [9.17, 15) is 9.59 Å². The first-order chi connectivity index (χ1) is 14.2. The Morgan fingerprint density at radius 3 is 1.94 bits per heavy atom. The molecule has 0 radical (unpaired) electrons. The van der Waals surface area contributed by atoms with Crippen LogP contribution >= 0.6 is 0 Å². The Kier molecular flexibility index (Phi) is 9.83. The fourth-order valence-electron chi connectivity index (χ4n) is 2.95. The monoisotopic (exact) mass is 413 g/mol. The number of aliphatic imine (C=N–C) groups is 2. The van der Waals surface area contributed by atoms with E-state index < -0.39 is 0 Å². The zero-order valence-corrected chi connectivity index (χ0v) is 15.3. The van der Waals surface area contributed by atoms with Crippen LogP contribution in [0.5, 0.6) is 5.75 Å². The number of ether oxygens (including phenoxy) is 1. The van der Waals surface area contributed by atoms with Crippen LogP contribution in [0.4, 0.5) is 11.4 Å². The Labute approximate surface area is 182 Å². The number of hydrogen-bond acceptors (Lipinski definition) is 6. The highest BCUT2D eigenvalue weighted by Gasteiger charge is 2.07. The van der Waals surface area contributed by atoms with Crippen LogP contribution in [0, 0.1) is 11.5 Å². The van der Waals surface area contributed by atoms with Gasteiger partial charge in [0.05, 0.1) is 11.4 Å². The highest BCUT2D eigenvalue weighted by Crippen LogP contribution is 2.26. The van der Waals surface area contributed by atoms with Crippen molar-refractivity contribution in [2.45, 2.75) is 27.7 Å². The fraction of sp³-hybridized carbons (Fsp3) is 0.160. The minimum atomic E-state index is 0. The predicted molar refractivity (Wildman–Crippen MR) is 120 cm³/mol. The lowest BCUT2D eigenvalue weighted by atomic mass is 9.98. The van der Waals surface area contributed by atoms with E-state index in [0.29, 0.717) is 30.0 Å². The SMILES string of the molecule is C.C.N#COc1ccc(Cc2ccc(Cc3ccc(N=C=O)cc3)c(N=C=O)c2)cc1. The molecule has 156 valence electrons. The second-order valence-electron chi connectivity index (χ2n) is 6.23. The van der Waals surface area contributed by atoms with Crippen LogP contribution in [0.15, 0.2) is 76.7 Å². The molecule has 0 aliphatic heterocycles. The number of hydrogen-bond donors (Lipinski definition) is 0. The summed E-state index contributed by atoms with van der Waals surface area (Å²) >= 11 is 0. The zero-order chi connectivity index (χ0) is 20.5. The van der Waals surface area contributed by atoms with Gasteiger partial charge in [-0.05, 0) is 65.4 Å². The van der Waals surface area contributed by atoms with Crippen molar-refractivity contribution in [3.8, 4) is 12.0 Å². The van der Waals surface area contributed by atoms with Gasteiger partial charge in [-0.15, -0.1) is 5.26 Å². The van der Waals surface area contributed by atoms with Crippen LogP contribution in [0.2, 0.25) is 0 Å². The second kappa shape index (κ2) is 12.3. The maximum Gasteiger partial charge on any atom is 0.292 e. The molecule has 0 bridgehead atoms. The Morgan fingerprint density at radius 2 is 1.32 bits per heavy atom. The Morgan fingerprint density at radius 1 is 0.742 bits per heavy atom. The van der Waals surface area contributed by atoms with Gasteiger partial charge in [-0.1, -0.05) is 51.3 Å². The van der Waals surface area contributed by atoms with Gasteiger partial charge in [0.25, 0.3) is 6.26 Å². The molecule has 6 nitrogen and oxygen atoms in total. The quantitative estimate of drug-likeness (QED) is 0.272. The maximum atomic E-state index is 10.9. The Balaban J connectivity index is 0.00000240. The Hall–Kier alpha value is -4.29. The summed E-state index contributed by atoms with van der Waals surface area (Å²) in [5.74, 6) is 0.489. The van der Waals surface area contributed by atoms with Gasteiger partial charge in [0.15, 0.2) is 0 Å². The minimum Gasteiger partial charge on any atom is -0.388 e. The summed E-state index contributed by atoms with van der Waals surface area (Å²) < 4.78 is 4.78. The van der Waals surface area contributed by atoms with E-state index in [1.807, 2.05) is 42.5 Å². The summed E-state index contributed by atoms with van der Waals surface area (Å²) in [5, 5.41) is 8.54. The van der Waals surface area contributed by atoms with Crippen molar-refractivity contribution < 1.29 is 14.3 Å². The van der Waals surface area contributed by atoms with Gasteiger partial charge in [0.1, 0.15) is 5.75 Å². The third kappa shape index (κ3) is 6.92. The lowest BCUT2D eigenvalue weighted by Crippen LogP contribution is -1.93. The van der Waals surface area contributed by atoms with Gasteiger partial charge in [0, 0.05) is 0 Å². The molecule has 0 aliphatic carbocycles. The van der Waals surface area contributed by atoms with Crippen LogP contribution in [0.25, 0.3) is 0 Å². The lowest BCUT2D eigenvalue weighted by molar-refractivity contribution is 0.507. The van der Waals surface area contributed by atoms with Gasteiger partial charge in [0.2, 0.25) is 12.2 Å². The van der Waals surface area contributed by atoms with Gasteiger partial charge in [-0.2, -0.15) is 9.98 Å². The number of rotatable bonds is 7. The molecule has 0 amide bonds. The van der Waals surface area contributed by atoms with Crippen molar-refractivity contribution in [1.82, 2.24) is 0 Å². The molecule has 0 atom stereocenters. The molecule has 0 unspecified atom stereocenters. The van der Waals surface area contributed by atoms with Crippen LogP contribution < -0.4 is 4.74 Å². The van der Waals surface area contributed by atoms with E-state index in [1.54, 1.807) is 36.6 Å². The summed E-state index contributed by atoms with van der Waals surface area (Å²) in [6.45, 7) is 0. The highest BCUT2D eigenvalue weighted by molar-refractivity contribution is 5.57. The minimum absolute atomic E-state index is 0. The van der Waals surface area contributed by atoms with Crippen molar-refractivity contribution in [3.05, 3.63) is 89.0 Å². The number of nitriles is 1. The lowest BCUT2D eigenvalue weighted by Gasteiger charge is -2.09. The molecular formula is C25H23N3O3. The van der Waals surface area contributed by atoms with E-state index in [2.05, 4.69) is 9.98 Å². The smallest absolute Gasteiger partial charge is 0.292 e. The van der Waals surface area contributed by atoms with Gasteiger partial charge in [-0.3, -0.25) is 0 Å². The van der Waals surface area contributed by atoms with E-state index in [-0.39, 0.29) is 14.9 Å². The highest BCUT2D eigenvalue weighted by atomic mass is 16.5. The molecule has 0 aromatic heterocycles. The molecule has 6 heteroatoms. The average molecular weight is 413 g/mol. The third-order valence-corrected chi connectivity index (χ3v) is 4.32. The number of isocyanates is 2. The summed E-state index contributed by atoms with van der Waals surface area (Å²) in [5.41, 5.74) is 5.02. The molecular weight excluding hydrogens is 390 g/mol. The summed E-state index contributed by atoms with van der Waals surface area (Å²) in [6.07, 6.45) is 5.99. The van der Waals surface area contributed by atoms with Crippen LogP contribution in [0.1, 0.15) is 37.1 Å². The topological polar surface area (TPSA) is 91.9 Å². The van der Waals surface area contributed by atoms with Gasteiger partial charge < -0.3 is 4.74 Å². The molecule has 0 aliphatic rings. The van der Waals surface area contributed by atoms with E-state index in [1.165, 1.54) is 6.08 Å².